The molecule has 0 radical (unpaired) electrons. The van der Waals surface area contributed by atoms with Gasteiger partial charge in [-0.15, -0.1) is 0 Å². The summed E-state index contributed by atoms with van der Waals surface area (Å²) >= 11 is 0. The second-order valence-corrected chi connectivity index (χ2v) is 5.30. The van der Waals surface area contributed by atoms with Gasteiger partial charge in [0.25, 0.3) is 0 Å². The fraction of sp³-hybridized carbons (Fsp3) is 0.235. The van der Waals surface area contributed by atoms with Crippen LogP contribution in [-0.4, -0.2) is 11.9 Å². The van der Waals surface area contributed by atoms with Crippen molar-refractivity contribution in [3.63, 3.8) is 0 Å². The van der Waals surface area contributed by atoms with Gasteiger partial charge in [0.05, 0.1) is 0 Å². The van der Waals surface area contributed by atoms with Gasteiger partial charge in [-0.1, -0.05) is 6.07 Å². The normalized spacial score (nSPS) is 16.4. The van der Waals surface area contributed by atoms with Gasteiger partial charge in [-0.3, -0.25) is 4.79 Å². The average Bonchev–Trinajstić information content (AvgIpc) is 2.82. The highest BCUT2D eigenvalue weighted by Gasteiger charge is 2.20. The van der Waals surface area contributed by atoms with Crippen LogP contribution in [0.5, 0.6) is 5.75 Å². The lowest BCUT2D eigenvalue weighted by Crippen LogP contribution is -2.05. The Hall–Kier alpha value is -2.23. The molecule has 3 rings (SSSR count). The molecule has 1 aliphatic heterocycles. The molecule has 1 aliphatic rings. The van der Waals surface area contributed by atoms with E-state index >= 15 is 0 Å². The molecule has 1 unspecified atom stereocenters. The van der Waals surface area contributed by atoms with Gasteiger partial charge in [-0.2, -0.15) is 0 Å². The number of fused-ring (bicyclic) bond motifs is 1. The van der Waals surface area contributed by atoms with Crippen molar-refractivity contribution < 1.29 is 18.3 Å². The molecule has 0 amide bonds. The second-order valence-electron chi connectivity index (χ2n) is 5.30. The van der Waals surface area contributed by atoms with Gasteiger partial charge in [-0.05, 0) is 48.4 Å². The minimum Gasteiger partial charge on any atom is -0.490 e. The standard InChI is InChI=1S/C17H14F2O2/c1-10-6-13-9-12(3-5-17(13)21-10)16(20)8-11-2-4-14(18)15(19)7-11/h2-5,7,9-10H,6,8H2,1H3. The average molecular weight is 288 g/mol. The molecule has 0 fully saturated rings. The third kappa shape index (κ3) is 2.79. The first-order valence-electron chi connectivity index (χ1n) is 6.79. The van der Waals surface area contributed by atoms with Crippen LogP contribution in [0, 0.1) is 11.6 Å². The van der Waals surface area contributed by atoms with Crippen LogP contribution in [0.4, 0.5) is 8.78 Å². The highest BCUT2D eigenvalue weighted by atomic mass is 19.2. The van der Waals surface area contributed by atoms with Gasteiger partial charge in [0.15, 0.2) is 17.4 Å². The number of rotatable bonds is 3. The summed E-state index contributed by atoms with van der Waals surface area (Å²) in [6, 6.07) is 8.84. The highest BCUT2D eigenvalue weighted by Crippen LogP contribution is 2.29. The van der Waals surface area contributed by atoms with Crippen LogP contribution in [0.2, 0.25) is 0 Å². The van der Waals surface area contributed by atoms with Crippen molar-refractivity contribution >= 4 is 5.78 Å². The number of carbonyl (C=O) groups is 1. The molecule has 1 heterocycles. The Labute approximate surface area is 121 Å². The molecule has 0 saturated carbocycles. The van der Waals surface area contributed by atoms with E-state index in [4.69, 9.17) is 4.74 Å². The van der Waals surface area contributed by atoms with E-state index in [9.17, 15) is 13.6 Å². The van der Waals surface area contributed by atoms with E-state index < -0.39 is 11.6 Å². The van der Waals surface area contributed by atoms with E-state index in [-0.39, 0.29) is 18.3 Å². The fourth-order valence-corrected chi connectivity index (χ4v) is 2.53. The Morgan fingerprint density at radius 2 is 2.00 bits per heavy atom. The largest absolute Gasteiger partial charge is 0.490 e. The number of benzene rings is 2. The minimum atomic E-state index is -0.934. The summed E-state index contributed by atoms with van der Waals surface area (Å²) in [5, 5.41) is 0. The van der Waals surface area contributed by atoms with Crippen LogP contribution in [0.3, 0.4) is 0 Å². The number of hydrogen-bond donors (Lipinski definition) is 0. The summed E-state index contributed by atoms with van der Waals surface area (Å²) in [5.41, 5.74) is 2.04. The first-order chi connectivity index (χ1) is 10.0. The molecule has 0 spiro atoms. The number of ether oxygens (including phenoxy) is 1. The molecule has 0 N–H and O–H groups in total. The number of ketones is 1. The molecule has 2 aromatic rings. The maximum atomic E-state index is 13.2. The Morgan fingerprint density at radius 1 is 1.19 bits per heavy atom. The van der Waals surface area contributed by atoms with Crippen LogP contribution in [-0.2, 0) is 12.8 Å². The molecule has 2 nitrogen and oxygen atoms in total. The molecule has 0 aromatic heterocycles. The van der Waals surface area contributed by atoms with Gasteiger partial charge in [-0.25, -0.2) is 8.78 Å². The Balaban J connectivity index is 1.79. The Kier molecular flexibility index (Phi) is 3.45. The lowest BCUT2D eigenvalue weighted by atomic mass is 10.00. The van der Waals surface area contributed by atoms with Crippen molar-refractivity contribution in [3.8, 4) is 5.75 Å². The minimum absolute atomic E-state index is 0.0480. The molecule has 21 heavy (non-hydrogen) atoms. The number of hydrogen-bond acceptors (Lipinski definition) is 2. The van der Waals surface area contributed by atoms with Crippen molar-refractivity contribution in [2.45, 2.75) is 25.9 Å². The summed E-state index contributed by atoms with van der Waals surface area (Å²) in [7, 11) is 0. The van der Waals surface area contributed by atoms with Crippen LogP contribution < -0.4 is 4.74 Å². The summed E-state index contributed by atoms with van der Waals surface area (Å²) in [6.45, 7) is 1.97. The zero-order valence-electron chi connectivity index (χ0n) is 11.5. The van der Waals surface area contributed by atoms with Gasteiger partial charge in [0.1, 0.15) is 11.9 Å². The van der Waals surface area contributed by atoms with Crippen molar-refractivity contribution in [2.24, 2.45) is 0 Å². The molecule has 0 saturated heterocycles. The molecule has 0 aliphatic carbocycles. The van der Waals surface area contributed by atoms with Gasteiger partial charge in [0.2, 0.25) is 0 Å². The van der Waals surface area contributed by atoms with Crippen molar-refractivity contribution in [3.05, 3.63) is 64.7 Å². The number of halogens is 2. The van der Waals surface area contributed by atoms with Gasteiger partial charge >= 0.3 is 0 Å². The Bertz CT molecular complexity index is 710. The first-order valence-corrected chi connectivity index (χ1v) is 6.79. The first kappa shape index (κ1) is 13.7. The van der Waals surface area contributed by atoms with E-state index in [0.29, 0.717) is 11.1 Å². The van der Waals surface area contributed by atoms with E-state index in [1.807, 2.05) is 13.0 Å². The van der Waals surface area contributed by atoms with Gasteiger partial charge < -0.3 is 4.74 Å². The van der Waals surface area contributed by atoms with Crippen molar-refractivity contribution in [1.29, 1.82) is 0 Å². The number of carbonyl (C=O) groups excluding carboxylic acids is 1. The molecule has 4 heteroatoms. The Morgan fingerprint density at radius 3 is 2.76 bits per heavy atom. The molecular weight excluding hydrogens is 274 g/mol. The zero-order chi connectivity index (χ0) is 15.0. The van der Waals surface area contributed by atoms with Crippen LogP contribution >= 0.6 is 0 Å². The maximum absolute atomic E-state index is 13.2. The van der Waals surface area contributed by atoms with E-state index in [1.165, 1.54) is 6.07 Å². The smallest absolute Gasteiger partial charge is 0.167 e. The van der Waals surface area contributed by atoms with Crippen LogP contribution in [0.25, 0.3) is 0 Å². The fourth-order valence-electron chi connectivity index (χ4n) is 2.53. The lowest BCUT2D eigenvalue weighted by Gasteiger charge is -2.05. The van der Waals surface area contributed by atoms with Crippen LogP contribution in [0.1, 0.15) is 28.4 Å². The molecule has 0 bridgehead atoms. The molecule has 108 valence electrons. The molecular formula is C17H14F2O2. The van der Waals surface area contributed by atoms with Crippen molar-refractivity contribution in [1.82, 2.24) is 0 Å². The maximum Gasteiger partial charge on any atom is 0.167 e. The SMILES string of the molecule is CC1Cc2cc(C(=O)Cc3ccc(F)c(F)c3)ccc2O1. The van der Waals surface area contributed by atoms with E-state index in [1.54, 1.807) is 12.1 Å². The summed E-state index contributed by atoms with van der Waals surface area (Å²) < 4.78 is 31.6. The summed E-state index contributed by atoms with van der Waals surface area (Å²) in [6.07, 6.45) is 0.949. The summed E-state index contributed by atoms with van der Waals surface area (Å²) in [5.74, 6) is -1.15. The second kappa shape index (κ2) is 5.28. The lowest BCUT2D eigenvalue weighted by molar-refractivity contribution is 0.0993. The number of Topliss-reactive ketones (excluding diaryl/α,β-unsaturated/α-hetero) is 1. The van der Waals surface area contributed by atoms with E-state index in [2.05, 4.69) is 0 Å². The highest BCUT2D eigenvalue weighted by molar-refractivity contribution is 5.97. The zero-order valence-corrected chi connectivity index (χ0v) is 11.5. The van der Waals surface area contributed by atoms with Crippen molar-refractivity contribution in [2.75, 3.05) is 0 Å². The third-order valence-electron chi connectivity index (χ3n) is 3.57. The predicted octanol–water partition coefficient (Wildman–Crippen LogP) is 3.71. The quantitative estimate of drug-likeness (QED) is 0.805. The third-order valence-corrected chi connectivity index (χ3v) is 3.57. The predicted molar refractivity (Wildman–Crippen MR) is 74.6 cm³/mol. The molecule has 2 aromatic carbocycles. The van der Waals surface area contributed by atoms with Gasteiger partial charge in [0, 0.05) is 18.4 Å². The van der Waals surface area contributed by atoms with Crippen LogP contribution in [0.15, 0.2) is 36.4 Å². The summed E-state index contributed by atoms with van der Waals surface area (Å²) in [4.78, 5) is 12.2. The van der Waals surface area contributed by atoms with E-state index in [0.717, 1.165) is 29.9 Å². The topological polar surface area (TPSA) is 26.3 Å². The molecule has 1 atom stereocenters. The monoisotopic (exact) mass is 288 g/mol.